The first-order chi connectivity index (χ1) is 8.79. The van der Waals surface area contributed by atoms with Crippen molar-refractivity contribution in [3.8, 4) is 0 Å². The van der Waals surface area contributed by atoms with Gasteiger partial charge in [-0.1, -0.05) is 38.3 Å². The van der Waals surface area contributed by atoms with E-state index in [0.29, 0.717) is 12.1 Å². The Morgan fingerprint density at radius 2 is 1.78 bits per heavy atom. The quantitative estimate of drug-likeness (QED) is 0.817. The van der Waals surface area contributed by atoms with Crippen LogP contribution in [0.5, 0.6) is 0 Å². The molecule has 18 heavy (non-hydrogen) atoms. The molecule has 1 aliphatic rings. The Labute approximate surface area is 111 Å². The van der Waals surface area contributed by atoms with Gasteiger partial charge in [-0.3, -0.25) is 0 Å². The molecular formula is C16H26N2. The van der Waals surface area contributed by atoms with E-state index in [1.54, 1.807) is 0 Å². The molecule has 1 atom stereocenters. The van der Waals surface area contributed by atoms with Gasteiger partial charge in [-0.15, -0.1) is 0 Å². The summed E-state index contributed by atoms with van der Waals surface area (Å²) in [6.45, 7) is 5.38. The van der Waals surface area contributed by atoms with Crippen molar-refractivity contribution in [3.05, 3.63) is 29.8 Å². The average molecular weight is 246 g/mol. The number of hydrogen-bond donors (Lipinski definition) is 2. The summed E-state index contributed by atoms with van der Waals surface area (Å²) in [6, 6.07) is 10.0. The van der Waals surface area contributed by atoms with Crippen molar-refractivity contribution in [2.75, 3.05) is 11.9 Å². The minimum atomic E-state index is 0.443. The minimum Gasteiger partial charge on any atom is -0.382 e. The summed E-state index contributed by atoms with van der Waals surface area (Å²) < 4.78 is 0. The van der Waals surface area contributed by atoms with Crippen LogP contribution < -0.4 is 10.6 Å². The summed E-state index contributed by atoms with van der Waals surface area (Å²) >= 11 is 0. The van der Waals surface area contributed by atoms with E-state index in [1.807, 2.05) is 0 Å². The second kappa shape index (κ2) is 6.79. The van der Waals surface area contributed by atoms with Crippen LogP contribution in [0.2, 0.25) is 0 Å². The molecule has 0 aliphatic heterocycles. The van der Waals surface area contributed by atoms with Crippen molar-refractivity contribution in [1.29, 1.82) is 0 Å². The van der Waals surface area contributed by atoms with Crippen LogP contribution in [0.25, 0.3) is 0 Å². The lowest BCUT2D eigenvalue weighted by atomic mass is 9.95. The zero-order valence-corrected chi connectivity index (χ0v) is 11.7. The molecule has 1 aliphatic carbocycles. The summed E-state index contributed by atoms with van der Waals surface area (Å²) in [6.07, 6.45) is 6.84. The molecule has 1 unspecified atom stereocenters. The molecule has 0 amide bonds. The zero-order chi connectivity index (χ0) is 12.8. The third-order valence-electron chi connectivity index (χ3n) is 3.90. The summed E-state index contributed by atoms with van der Waals surface area (Å²) in [7, 11) is 0. The predicted octanol–water partition coefficient (Wildman–Crippen LogP) is 4.10. The topological polar surface area (TPSA) is 24.1 Å². The Hall–Kier alpha value is -1.02. The fourth-order valence-electron chi connectivity index (χ4n) is 2.77. The summed E-state index contributed by atoms with van der Waals surface area (Å²) in [5.74, 6) is 0. The molecule has 1 aromatic rings. The average Bonchev–Trinajstić information content (AvgIpc) is 2.41. The lowest BCUT2D eigenvalue weighted by Gasteiger charge is -2.24. The van der Waals surface area contributed by atoms with Crippen molar-refractivity contribution >= 4 is 5.69 Å². The van der Waals surface area contributed by atoms with Crippen LogP contribution >= 0.6 is 0 Å². The van der Waals surface area contributed by atoms with Crippen molar-refractivity contribution in [3.63, 3.8) is 0 Å². The largest absolute Gasteiger partial charge is 0.382 e. The van der Waals surface area contributed by atoms with Gasteiger partial charge in [0.2, 0.25) is 0 Å². The van der Waals surface area contributed by atoms with Gasteiger partial charge in [0.15, 0.2) is 0 Å². The normalized spacial score (nSPS) is 18.6. The second-order valence-electron chi connectivity index (χ2n) is 5.38. The van der Waals surface area contributed by atoms with Gasteiger partial charge in [0.05, 0.1) is 0 Å². The maximum atomic E-state index is 3.66. The van der Waals surface area contributed by atoms with Crippen LogP contribution in [-0.4, -0.2) is 12.6 Å². The highest BCUT2D eigenvalue weighted by Crippen LogP contribution is 2.22. The Morgan fingerprint density at radius 3 is 2.39 bits per heavy atom. The fourth-order valence-corrected chi connectivity index (χ4v) is 2.77. The van der Waals surface area contributed by atoms with E-state index in [9.17, 15) is 0 Å². The first-order valence-electron chi connectivity index (χ1n) is 7.39. The van der Waals surface area contributed by atoms with Crippen molar-refractivity contribution in [1.82, 2.24) is 5.32 Å². The van der Waals surface area contributed by atoms with Gasteiger partial charge in [-0.2, -0.15) is 0 Å². The lowest BCUT2D eigenvalue weighted by Crippen LogP contribution is -2.22. The van der Waals surface area contributed by atoms with Gasteiger partial charge >= 0.3 is 0 Å². The molecule has 0 spiro atoms. The van der Waals surface area contributed by atoms with Gasteiger partial charge in [-0.25, -0.2) is 0 Å². The lowest BCUT2D eigenvalue weighted by molar-refractivity contribution is 0.463. The Bertz CT molecular complexity index is 339. The minimum absolute atomic E-state index is 0.443. The zero-order valence-electron chi connectivity index (χ0n) is 11.7. The third kappa shape index (κ3) is 3.74. The predicted molar refractivity (Wildman–Crippen MR) is 79.0 cm³/mol. The molecule has 0 heterocycles. The third-order valence-corrected chi connectivity index (χ3v) is 3.90. The number of rotatable bonds is 5. The molecule has 100 valence electrons. The first kappa shape index (κ1) is 13.4. The summed E-state index contributed by atoms with van der Waals surface area (Å²) in [5, 5.41) is 7.10. The highest BCUT2D eigenvalue weighted by atomic mass is 14.9. The van der Waals surface area contributed by atoms with Gasteiger partial charge in [0.1, 0.15) is 0 Å². The molecule has 0 radical (unpaired) electrons. The number of nitrogens with one attached hydrogen (secondary N) is 2. The Kier molecular flexibility index (Phi) is 5.06. The summed E-state index contributed by atoms with van der Waals surface area (Å²) in [5.41, 5.74) is 2.64. The molecule has 0 aromatic heterocycles. The van der Waals surface area contributed by atoms with Crippen molar-refractivity contribution < 1.29 is 0 Å². The van der Waals surface area contributed by atoms with Gasteiger partial charge in [0, 0.05) is 17.8 Å². The molecule has 1 aromatic carbocycles. The maximum Gasteiger partial charge on any atom is 0.0342 e. The van der Waals surface area contributed by atoms with Crippen LogP contribution in [0, 0.1) is 0 Å². The monoisotopic (exact) mass is 246 g/mol. The highest BCUT2D eigenvalue weighted by molar-refractivity contribution is 5.46. The molecule has 0 saturated heterocycles. The van der Waals surface area contributed by atoms with Gasteiger partial charge in [-0.05, 0) is 44.0 Å². The van der Waals surface area contributed by atoms with Crippen molar-refractivity contribution in [2.24, 2.45) is 0 Å². The van der Waals surface area contributed by atoms with Crippen LogP contribution in [0.4, 0.5) is 5.69 Å². The number of benzene rings is 1. The van der Waals surface area contributed by atoms with Gasteiger partial charge < -0.3 is 10.6 Å². The second-order valence-corrected chi connectivity index (χ2v) is 5.38. The molecule has 2 N–H and O–H groups in total. The van der Waals surface area contributed by atoms with Crippen LogP contribution in [0.1, 0.15) is 57.6 Å². The molecule has 1 fully saturated rings. The molecule has 2 nitrogen and oxygen atoms in total. The van der Waals surface area contributed by atoms with Gasteiger partial charge in [0.25, 0.3) is 0 Å². The first-order valence-corrected chi connectivity index (χ1v) is 7.39. The van der Waals surface area contributed by atoms with Crippen LogP contribution in [0.3, 0.4) is 0 Å². The number of hydrogen-bond acceptors (Lipinski definition) is 2. The van der Waals surface area contributed by atoms with E-state index in [1.165, 1.54) is 43.4 Å². The molecular weight excluding hydrogens is 220 g/mol. The van der Waals surface area contributed by atoms with E-state index >= 15 is 0 Å². The van der Waals surface area contributed by atoms with Crippen LogP contribution in [0.15, 0.2) is 24.3 Å². The Balaban J connectivity index is 1.90. The molecule has 0 bridgehead atoms. The van der Waals surface area contributed by atoms with E-state index in [4.69, 9.17) is 0 Å². The van der Waals surface area contributed by atoms with E-state index in [2.05, 4.69) is 48.7 Å². The molecule has 2 rings (SSSR count). The molecule has 1 saturated carbocycles. The van der Waals surface area contributed by atoms with E-state index in [0.717, 1.165) is 6.54 Å². The van der Waals surface area contributed by atoms with E-state index in [-0.39, 0.29) is 0 Å². The number of anilines is 1. The maximum absolute atomic E-state index is 3.66. The molecule has 2 heteroatoms. The standard InChI is InChI=1S/C16H26N2/c1-3-17-13(2)14-9-11-16(12-10-14)18-15-7-5-4-6-8-15/h9-13,15,17-18H,3-8H2,1-2H3. The smallest absolute Gasteiger partial charge is 0.0342 e. The van der Waals surface area contributed by atoms with Crippen LogP contribution in [-0.2, 0) is 0 Å². The summed E-state index contributed by atoms with van der Waals surface area (Å²) in [4.78, 5) is 0. The van der Waals surface area contributed by atoms with E-state index < -0.39 is 0 Å². The van der Waals surface area contributed by atoms with Crippen molar-refractivity contribution in [2.45, 2.75) is 58.0 Å². The SMILES string of the molecule is CCNC(C)c1ccc(NC2CCCCC2)cc1. The Morgan fingerprint density at radius 1 is 1.11 bits per heavy atom. The fraction of sp³-hybridized carbons (Fsp3) is 0.625. The highest BCUT2D eigenvalue weighted by Gasteiger charge is 2.12.